The molecule has 0 aliphatic rings. The lowest BCUT2D eigenvalue weighted by molar-refractivity contribution is -0.141. The highest BCUT2D eigenvalue weighted by molar-refractivity contribution is 7.20. The van der Waals surface area contributed by atoms with E-state index in [1.165, 1.54) is 11.3 Å². The second-order valence-electron chi connectivity index (χ2n) is 5.43. The van der Waals surface area contributed by atoms with Crippen molar-refractivity contribution in [3.05, 3.63) is 28.6 Å². The molecule has 2 rings (SSSR count). The minimum absolute atomic E-state index is 0.0289. The number of hydrogen-bond acceptors (Lipinski definition) is 4. The lowest BCUT2D eigenvalue weighted by Gasteiger charge is -2.07. The van der Waals surface area contributed by atoms with Gasteiger partial charge in [0.15, 0.2) is 5.78 Å². The van der Waals surface area contributed by atoms with Crippen molar-refractivity contribution in [3.63, 3.8) is 0 Å². The zero-order valence-corrected chi connectivity index (χ0v) is 13.8. The van der Waals surface area contributed by atoms with Crippen LogP contribution in [0, 0.1) is 5.92 Å². The highest BCUT2D eigenvalue weighted by Crippen LogP contribution is 2.33. The maximum Gasteiger partial charge on any atom is 0.306 e. The van der Waals surface area contributed by atoms with E-state index in [1.807, 2.05) is 12.1 Å². The Morgan fingerprint density at radius 2 is 2.05 bits per heavy atom. The molecule has 0 radical (unpaired) electrons. The number of hydrogen-bond donors (Lipinski definition) is 1. The Labute approximate surface area is 133 Å². The molecular formula is C17H20O4S. The minimum atomic E-state index is -0.943. The summed E-state index contributed by atoms with van der Waals surface area (Å²) in [6.07, 6.45) is 1.98. The Morgan fingerprint density at radius 3 is 2.64 bits per heavy atom. The molecule has 0 aliphatic heterocycles. The van der Waals surface area contributed by atoms with Crippen LogP contribution in [0.25, 0.3) is 10.1 Å². The molecule has 1 aromatic carbocycles. The monoisotopic (exact) mass is 320 g/mol. The van der Waals surface area contributed by atoms with Crippen LogP contribution in [0.4, 0.5) is 0 Å². The van der Waals surface area contributed by atoms with Gasteiger partial charge in [0.1, 0.15) is 5.75 Å². The van der Waals surface area contributed by atoms with Crippen LogP contribution in [0.2, 0.25) is 0 Å². The number of fused-ring (bicyclic) bond motifs is 1. The molecule has 5 heteroatoms. The first-order valence-electron chi connectivity index (χ1n) is 7.32. The van der Waals surface area contributed by atoms with Crippen molar-refractivity contribution >= 4 is 33.2 Å². The molecule has 1 atom stereocenters. The lowest BCUT2D eigenvalue weighted by atomic mass is 10.0. The first kappa shape index (κ1) is 16.5. The van der Waals surface area contributed by atoms with Gasteiger partial charge in [-0.1, -0.05) is 20.3 Å². The summed E-state index contributed by atoms with van der Waals surface area (Å²) in [4.78, 5) is 23.7. The van der Waals surface area contributed by atoms with Gasteiger partial charge in [-0.2, -0.15) is 0 Å². The third-order valence-corrected chi connectivity index (χ3v) is 4.77. The number of thiophene rings is 1. The molecule has 118 valence electrons. The molecule has 0 bridgehead atoms. The maximum absolute atomic E-state index is 12.2. The van der Waals surface area contributed by atoms with Gasteiger partial charge >= 0.3 is 5.97 Å². The van der Waals surface area contributed by atoms with Gasteiger partial charge in [-0.15, -0.1) is 11.3 Å². The van der Waals surface area contributed by atoms with Crippen molar-refractivity contribution in [2.24, 2.45) is 5.92 Å². The average Bonchev–Trinajstić information content (AvgIpc) is 2.89. The Balaban J connectivity index is 2.33. The quantitative estimate of drug-likeness (QED) is 0.778. The van der Waals surface area contributed by atoms with Crippen molar-refractivity contribution in [3.8, 4) is 5.75 Å². The number of rotatable bonds is 7. The summed E-state index contributed by atoms with van der Waals surface area (Å²) in [7, 11) is 1.65. The van der Waals surface area contributed by atoms with E-state index in [-0.39, 0.29) is 12.2 Å². The molecule has 1 heterocycles. The third kappa shape index (κ3) is 3.47. The zero-order chi connectivity index (χ0) is 16.3. The standard InChI is InChI=1S/C17H20O4S/c1-4-5-11-8-15-12(7-14(11)21-3)9-16(22-15)13(18)6-10(2)17(19)20/h7-10H,4-6H2,1-3H3,(H,19,20). The van der Waals surface area contributed by atoms with E-state index in [1.54, 1.807) is 14.0 Å². The molecule has 1 aromatic heterocycles. The van der Waals surface area contributed by atoms with Crippen molar-refractivity contribution < 1.29 is 19.4 Å². The SMILES string of the molecule is CCCc1cc2sc(C(=O)CC(C)C(=O)O)cc2cc1OC. The topological polar surface area (TPSA) is 63.6 Å². The van der Waals surface area contributed by atoms with E-state index >= 15 is 0 Å². The number of aryl methyl sites for hydroxylation is 1. The predicted octanol–water partition coefficient (Wildman–Crippen LogP) is 4.16. The van der Waals surface area contributed by atoms with Gasteiger partial charge in [-0.3, -0.25) is 9.59 Å². The number of Topliss-reactive ketones (excluding diaryl/α,β-unsaturated/α-hetero) is 1. The van der Waals surface area contributed by atoms with Crippen LogP contribution in [-0.2, 0) is 11.2 Å². The molecule has 0 fully saturated rings. The number of benzene rings is 1. The van der Waals surface area contributed by atoms with E-state index in [0.717, 1.165) is 34.2 Å². The van der Waals surface area contributed by atoms with Gasteiger partial charge in [-0.25, -0.2) is 0 Å². The number of carbonyl (C=O) groups is 2. The smallest absolute Gasteiger partial charge is 0.306 e. The lowest BCUT2D eigenvalue weighted by Crippen LogP contribution is -2.13. The van der Waals surface area contributed by atoms with Crippen LogP contribution in [0.15, 0.2) is 18.2 Å². The number of carbonyl (C=O) groups excluding carboxylic acids is 1. The van der Waals surface area contributed by atoms with Gasteiger partial charge in [0, 0.05) is 11.1 Å². The summed E-state index contributed by atoms with van der Waals surface area (Å²) < 4.78 is 6.45. The van der Waals surface area contributed by atoms with Gasteiger partial charge < -0.3 is 9.84 Å². The summed E-state index contributed by atoms with van der Waals surface area (Å²) >= 11 is 1.42. The number of carboxylic acids is 1. The molecule has 0 aliphatic carbocycles. The normalized spacial score (nSPS) is 12.3. The fourth-order valence-electron chi connectivity index (χ4n) is 2.37. The molecular weight excluding hydrogens is 300 g/mol. The van der Waals surface area contributed by atoms with Crippen molar-refractivity contribution in [1.29, 1.82) is 0 Å². The molecule has 0 saturated heterocycles. The first-order valence-corrected chi connectivity index (χ1v) is 8.14. The van der Waals surface area contributed by atoms with Crippen LogP contribution in [0.3, 0.4) is 0 Å². The fourth-order valence-corrected chi connectivity index (χ4v) is 3.42. The number of ether oxygens (including phenoxy) is 1. The summed E-state index contributed by atoms with van der Waals surface area (Å²) in [5.41, 5.74) is 1.14. The Bertz CT molecular complexity index is 702. The van der Waals surface area contributed by atoms with E-state index in [4.69, 9.17) is 9.84 Å². The summed E-state index contributed by atoms with van der Waals surface area (Å²) in [5, 5.41) is 9.88. The Morgan fingerprint density at radius 1 is 1.32 bits per heavy atom. The largest absolute Gasteiger partial charge is 0.496 e. The number of methoxy groups -OCH3 is 1. The van der Waals surface area contributed by atoms with E-state index in [9.17, 15) is 9.59 Å². The zero-order valence-electron chi connectivity index (χ0n) is 13.0. The van der Waals surface area contributed by atoms with Crippen LogP contribution < -0.4 is 4.74 Å². The fraction of sp³-hybridized carbons (Fsp3) is 0.412. The van der Waals surface area contributed by atoms with Crippen LogP contribution in [0.5, 0.6) is 5.75 Å². The molecule has 2 aromatic rings. The first-order chi connectivity index (χ1) is 10.5. The number of aliphatic carboxylic acids is 1. The highest BCUT2D eigenvalue weighted by Gasteiger charge is 2.19. The van der Waals surface area contributed by atoms with Crippen LogP contribution in [-0.4, -0.2) is 24.0 Å². The number of ketones is 1. The van der Waals surface area contributed by atoms with Gasteiger partial charge in [-0.05, 0) is 35.6 Å². The minimum Gasteiger partial charge on any atom is -0.496 e. The van der Waals surface area contributed by atoms with Gasteiger partial charge in [0.05, 0.1) is 17.9 Å². The van der Waals surface area contributed by atoms with E-state index in [2.05, 4.69) is 13.0 Å². The molecule has 4 nitrogen and oxygen atoms in total. The Kier molecular flexibility index (Phi) is 5.19. The predicted molar refractivity (Wildman–Crippen MR) is 88.1 cm³/mol. The molecule has 1 N–H and O–H groups in total. The van der Waals surface area contributed by atoms with Gasteiger partial charge in [0.25, 0.3) is 0 Å². The number of carboxylic acid groups (broad SMARTS) is 1. The average molecular weight is 320 g/mol. The van der Waals surface area contributed by atoms with Crippen LogP contribution in [0.1, 0.15) is 41.9 Å². The van der Waals surface area contributed by atoms with Gasteiger partial charge in [0.2, 0.25) is 0 Å². The van der Waals surface area contributed by atoms with Crippen molar-refractivity contribution in [2.75, 3.05) is 7.11 Å². The van der Waals surface area contributed by atoms with Crippen LogP contribution >= 0.6 is 11.3 Å². The van der Waals surface area contributed by atoms with E-state index < -0.39 is 11.9 Å². The molecule has 1 unspecified atom stereocenters. The summed E-state index contributed by atoms with van der Waals surface area (Å²) in [6, 6.07) is 5.85. The second-order valence-corrected chi connectivity index (χ2v) is 6.51. The second kappa shape index (κ2) is 6.92. The molecule has 22 heavy (non-hydrogen) atoms. The van der Waals surface area contributed by atoms with E-state index in [0.29, 0.717) is 4.88 Å². The third-order valence-electron chi connectivity index (χ3n) is 3.63. The highest BCUT2D eigenvalue weighted by atomic mass is 32.1. The summed E-state index contributed by atoms with van der Waals surface area (Å²) in [6.45, 7) is 3.66. The maximum atomic E-state index is 12.2. The summed E-state index contributed by atoms with van der Waals surface area (Å²) in [5.74, 6) is -0.888. The van der Waals surface area contributed by atoms with Crippen molar-refractivity contribution in [1.82, 2.24) is 0 Å². The molecule has 0 saturated carbocycles. The molecule has 0 amide bonds. The van der Waals surface area contributed by atoms with Crippen molar-refractivity contribution in [2.45, 2.75) is 33.1 Å². The molecule has 0 spiro atoms. The Hall–Kier alpha value is -1.88.